The fourth-order valence-electron chi connectivity index (χ4n) is 5.65. The Bertz CT molecular complexity index is 1560. The Hall–Kier alpha value is -4.53. The van der Waals surface area contributed by atoms with Gasteiger partial charge in [-0.3, -0.25) is 4.79 Å². The average Bonchev–Trinajstić information content (AvgIpc) is 2.98. The van der Waals surface area contributed by atoms with Gasteiger partial charge in [-0.1, -0.05) is 48.5 Å². The van der Waals surface area contributed by atoms with Gasteiger partial charge in [-0.25, -0.2) is 4.79 Å². The topological polar surface area (TPSA) is 73.9 Å². The maximum absolute atomic E-state index is 13.8. The molecule has 0 aromatic heterocycles. The molecule has 0 saturated carbocycles. The number of dihydropyridines is 1. The second-order valence-corrected chi connectivity index (χ2v) is 10.3. The molecule has 1 aliphatic heterocycles. The van der Waals surface area contributed by atoms with E-state index in [-0.39, 0.29) is 30.3 Å². The minimum atomic E-state index is -4.52. The van der Waals surface area contributed by atoms with Crippen LogP contribution in [0.15, 0.2) is 95.3 Å². The van der Waals surface area contributed by atoms with Crippen molar-refractivity contribution in [3.8, 4) is 11.5 Å². The molecule has 0 unspecified atom stereocenters. The quantitative estimate of drug-likeness (QED) is 0.311. The number of hydrogen-bond donors (Lipinski definition) is 1. The van der Waals surface area contributed by atoms with Crippen molar-refractivity contribution in [2.75, 3.05) is 14.2 Å². The molecular weight excluding hydrogens is 547 g/mol. The van der Waals surface area contributed by atoms with Crippen LogP contribution in [-0.2, 0) is 27.1 Å². The lowest BCUT2D eigenvalue weighted by Gasteiger charge is -2.37. The maximum Gasteiger partial charge on any atom is 0.416 e. The van der Waals surface area contributed by atoms with Gasteiger partial charge in [0.05, 0.1) is 25.4 Å². The number of alkyl halides is 3. The van der Waals surface area contributed by atoms with Gasteiger partial charge in [0.2, 0.25) is 0 Å². The standard InChI is InChI=1S/C33H30F3NO5/c1-19-29(32(39)42-18-20-7-5-4-6-8-20)30(21-9-12-24(13-10-21)33(34,35)36)31-25(37-19)15-23(16-26(31)38)22-11-14-27(40-2)28(17-22)41-3/h4-14,17,23,30,37H,15-16,18H2,1-3H3/t23-,30-/m1/s1. The van der Waals surface area contributed by atoms with Gasteiger partial charge in [0.25, 0.3) is 0 Å². The molecule has 0 fully saturated rings. The van der Waals surface area contributed by atoms with Crippen LogP contribution in [0.1, 0.15) is 53.9 Å². The maximum atomic E-state index is 13.8. The van der Waals surface area contributed by atoms with Crippen LogP contribution in [-0.4, -0.2) is 26.0 Å². The Balaban J connectivity index is 1.52. The fourth-order valence-corrected chi connectivity index (χ4v) is 5.65. The molecule has 1 heterocycles. The molecule has 42 heavy (non-hydrogen) atoms. The van der Waals surface area contributed by atoms with Crippen molar-refractivity contribution >= 4 is 11.8 Å². The fraction of sp³-hybridized carbons (Fsp3) is 0.273. The monoisotopic (exact) mass is 577 g/mol. The highest BCUT2D eigenvalue weighted by Gasteiger charge is 2.42. The van der Waals surface area contributed by atoms with Crippen molar-refractivity contribution in [2.24, 2.45) is 0 Å². The Morgan fingerprint density at radius 1 is 0.905 bits per heavy atom. The molecule has 0 spiro atoms. The first kappa shape index (κ1) is 29.0. The molecule has 0 amide bonds. The summed E-state index contributed by atoms with van der Waals surface area (Å²) >= 11 is 0. The zero-order valence-electron chi connectivity index (χ0n) is 23.4. The van der Waals surface area contributed by atoms with Crippen molar-refractivity contribution in [3.05, 3.63) is 118 Å². The van der Waals surface area contributed by atoms with E-state index in [1.165, 1.54) is 19.2 Å². The number of nitrogens with one attached hydrogen (secondary N) is 1. The Morgan fingerprint density at radius 2 is 1.57 bits per heavy atom. The second-order valence-electron chi connectivity index (χ2n) is 10.3. The number of ketones is 1. The highest BCUT2D eigenvalue weighted by atomic mass is 19.4. The second kappa shape index (κ2) is 11.8. The summed E-state index contributed by atoms with van der Waals surface area (Å²) in [5.74, 6) is -0.800. The zero-order valence-corrected chi connectivity index (χ0v) is 23.4. The van der Waals surface area contributed by atoms with Gasteiger partial charge < -0.3 is 19.5 Å². The lowest BCUT2D eigenvalue weighted by Crippen LogP contribution is -2.36. The molecule has 2 atom stereocenters. The molecule has 6 nitrogen and oxygen atoms in total. The number of benzene rings is 3. The van der Waals surface area contributed by atoms with Gasteiger partial charge in [0, 0.05) is 29.3 Å². The zero-order chi connectivity index (χ0) is 30.0. The van der Waals surface area contributed by atoms with Crippen molar-refractivity contribution in [1.29, 1.82) is 0 Å². The Morgan fingerprint density at radius 3 is 2.21 bits per heavy atom. The van der Waals surface area contributed by atoms with E-state index in [1.807, 2.05) is 42.5 Å². The summed E-state index contributed by atoms with van der Waals surface area (Å²) in [6.45, 7) is 1.72. The van der Waals surface area contributed by atoms with Crippen LogP contribution in [0, 0.1) is 0 Å². The van der Waals surface area contributed by atoms with E-state index < -0.39 is 23.6 Å². The smallest absolute Gasteiger partial charge is 0.416 e. The number of rotatable bonds is 7. The largest absolute Gasteiger partial charge is 0.493 e. The molecule has 5 rings (SSSR count). The molecule has 1 N–H and O–H groups in total. The van der Waals surface area contributed by atoms with Gasteiger partial charge in [-0.05, 0) is 60.2 Å². The summed E-state index contributed by atoms with van der Waals surface area (Å²) in [5.41, 5.74) is 2.94. The number of ether oxygens (including phenoxy) is 3. The van der Waals surface area contributed by atoms with Gasteiger partial charge in [0.1, 0.15) is 6.61 Å². The molecule has 0 radical (unpaired) electrons. The van der Waals surface area contributed by atoms with E-state index in [2.05, 4.69) is 5.32 Å². The molecule has 3 aromatic carbocycles. The summed E-state index contributed by atoms with van der Waals surface area (Å²) in [7, 11) is 3.09. The van der Waals surface area contributed by atoms with E-state index in [0.29, 0.717) is 40.5 Å². The third-order valence-electron chi connectivity index (χ3n) is 7.71. The van der Waals surface area contributed by atoms with E-state index >= 15 is 0 Å². The molecular formula is C33H30F3NO5. The van der Waals surface area contributed by atoms with Crippen LogP contribution in [0.4, 0.5) is 13.2 Å². The summed E-state index contributed by atoms with van der Waals surface area (Å²) in [4.78, 5) is 27.4. The van der Waals surface area contributed by atoms with Gasteiger partial charge in [0.15, 0.2) is 17.3 Å². The first-order valence-electron chi connectivity index (χ1n) is 13.4. The van der Waals surface area contributed by atoms with Crippen molar-refractivity contribution < 1.29 is 37.0 Å². The van der Waals surface area contributed by atoms with Crippen LogP contribution in [0.2, 0.25) is 0 Å². The lowest BCUT2D eigenvalue weighted by atomic mass is 9.71. The number of methoxy groups -OCH3 is 2. The Kier molecular flexibility index (Phi) is 8.11. The number of Topliss-reactive ketones (excluding diaryl/α,β-unsaturated/α-hetero) is 1. The van der Waals surface area contributed by atoms with E-state index in [4.69, 9.17) is 14.2 Å². The van der Waals surface area contributed by atoms with Crippen LogP contribution in [0.3, 0.4) is 0 Å². The molecule has 0 bridgehead atoms. The van der Waals surface area contributed by atoms with Crippen molar-refractivity contribution in [1.82, 2.24) is 5.32 Å². The molecule has 1 aliphatic carbocycles. The Labute approximate surface area is 241 Å². The number of esters is 1. The average molecular weight is 578 g/mol. The van der Waals surface area contributed by atoms with Crippen molar-refractivity contribution in [3.63, 3.8) is 0 Å². The van der Waals surface area contributed by atoms with Crippen LogP contribution < -0.4 is 14.8 Å². The third kappa shape index (κ3) is 5.77. The molecule has 3 aromatic rings. The van der Waals surface area contributed by atoms with Gasteiger partial charge >= 0.3 is 12.1 Å². The highest BCUT2D eigenvalue weighted by molar-refractivity contribution is 6.04. The van der Waals surface area contributed by atoms with E-state index in [1.54, 1.807) is 20.1 Å². The number of hydrogen-bond acceptors (Lipinski definition) is 6. The number of carbonyl (C=O) groups is 2. The summed E-state index contributed by atoms with van der Waals surface area (Å²) < 4.78 is 56.5. The van der Waals surface area contributed by atoms with Crippen LogP contribution in [0.5, 0.6) is 11.5 Å². The predicted octanol–water partition coefficient (Wildman–Crippen LogP) is 6.83. The van der Waals surface area contributed by atoms with Gasteiger partial charge in [-0.2, -0.15) is 13.2 Å². The first-order valence-corrected chi connectivity index (χ1v) is 13.4. The normalized spacial score (nSPS) is 18.8. The third-order valence-corrected chi connectivity index (χ3v) is 7.71. The first-order chi connectivity index (χ1) is 20.1. The number of halogens is 3. The number of carbonyl (C=O) groups excluding carboxylic acids is 2. The van der Waals surface area contributed by atoms with Crippen molar-refractivity contribution in [2.45, 2.75) is 44.4 Å². The number of allylic oxidation sites excluding steroid dienone is 3. The van der Waals surface area contributed by atoms with Gasteiger partial charge in [-0.15, -0.1) is 0 Å². The molecule has 2 aliphatic rings. The summed E-state index contributed by atoms with van der Waals surface area (Å²) in [5, 5.41) is 3.27. The SMILES string of the molecule is COc1ccc([C@H]2CC(=O)C3=C(C2)NC(C)=C(C(=O)OCc2ccccc2)[C@H]3c2ccc(C(F)(F)F)cc2)cc1OC. The predicted molar refractivity (Wildman–Crippen MR) is 150 cm³/mol. The molecule has 0 saturated heterocycles. The molecule has 9 heteroatoms. The minimum Gasteiger partial charge on any atom is -0.493 e. The lowest BCUT2D eigenvalue weighted by molar-refractivity contribution is -0.141. The van der Waals surface area contributed by atoms with E-state index in [0.717, 1.165) is 23.3 Å². The summed E-state index contributed by atoms with van der Waals surface area (Å²) in [6, 6.07) is 19.3. The highest BCUT2D eigenvalue weighted by Crippen LogP contribution is 2.47. The minimum absolute atomic E-state index is 0.0113. The van der Waals surface area contributed by atoms with Crippen LogP contribution in [0.25, 0.3) is 0 Å². The molecule has 218 valence electrons. The van der Waals surface area contributed by atoms with E-state index in [9.17, 15) is 22.8 Å². The summed E-state index contributed by atoms with van der Waals surface area (Å²) in [6.07, 6.45) is -3.91. The van der Waals surface area contributed by atoms with Crippen LogP contribution >= 0.6 is 0 Å².